The molecular weight excluding hydrogens is 328 g/mol. The standard InChI is InChI=1S/C18H36N6Si/c1-19-5-11-22(12-6-19)17(23-13-7-20(2)8-14-23)18(25-4)24-15-9-21(3)10-16-24/h5-16H2,1-4H3. The van der Waals surface area contributed by atoms with Crippen LogP contribution in [0.1, 0.15) is 0 Å². The molecule has 3 heterocycles. The molecule has 0 aromatic rings. The van der Waals surface area contributed by atoms with Crippen molar-refractivity contribution in [2.45, 2.75) is 6.55 Å². The van der Waals surface area contributed by atoms with Gasteiger partial charge >= 0.3 is 0 Å². The third kappa shape index (κ3) is 4.70. The molecule has 0 amide bonds. The Kier molecular flexibility index (Phi) is 6.65. The van der Waals surface area contributed by atoms with E-state index in [1.54, 1.807) is 11.1 Å². The Morgan fingerprint density at radius 3 is 1.16 bits per heavy atom. The monoisotopic (exact) mass is 364 g/mol. The quantitative estimate of drug-likeness (QED) is 0.628. The summed E-state index contributed by atoms with van der Waals surface area (Å²) in [6.45, 7) is 16.5. The minimum absolute atomic E-state index is 0.865. The number of piperazine rings is 3. The second-order valence-electron chi connectivity index (χ2n) is 7.79. The van der Waals surface area contributed by atoms with Crippen LogP contribution in [0.15, 0.2) is 11.1 Å². The number of likely N-dealkylation sites (N-methyl/N-ethyl adjacent to an activating group) is 3. The van der Waals surface area contributed by atoms with Gasteiger partial charge in [0.25, 0.3) is 0 Å². The van der Waals surface area contributed by atoms with Crippen LogP contribution in [-0.4, -0.2) is 139 Å². The first-order chi connectivity index (χ1) is 12.1. The maximum atomic E-state index is 2.69. The minimum atomic E-state index is 0.865. The van der Waals surface area contributed by atoms with Crippen LogP contribution in [0, 0.1) is 0 Å². The van der Waals surface area contributed by atoms with E-state index in [0.29, 0.717) is 0 Å². The van der Waals surface area contributed by atoms with Crippen molar-refractivity contribution in [1.82, 2.24) is 29.4 Å². The van der Waals surface area contributed by atoms with Crippen molar-refractivity contribution in [3.05, 3.63) is 11.1 Å². The smallest absolute Gasteiger partial charge is 0.119 e. The predicted octanol–water partition coefficient (Wildman–Crippen LogP) is -0.392. The summed E-state index contributed by atoms with van der Waals surface area (Å²) in [5.41, 5.74) is 0. The molecule has 0 saturated carbocycles. The van der Waals surface area contributed by atoms with Crippen LogP contribution in [0.3, 0.4) is 0 Å². The maximum Gasteiger partial charge on any atom is 0.119 e. The van der Waals surface area contributed by atoms with E-state index < -0.39 is 0 Å². The summed E-state index contributed by atoms with van der Waals surface area (Å²) < 4.78 is 0. The number of hydrogen-bond acceptors (Lipinski definition) is 6. The Bertz CT molecular complexity index is 422. The highest BCUT2D eigenvalue weighted by atomic mass is 28.2. The lowest BCUT2D eigenvalue weighted by Gasteiger charge is -2.46. The van der Waals surface area contributed by atoms with Crippen molar-refractivity contribution >= 4 is 9.52 Å². The van der Waals surface area contributed by atoms with Crippen LogP contribution in [0.2, 0.25) is 6.55 Å². The van der Waals surface area contributed by atoms with Gasteiger partial charge in [0.15, 0.2) is 0 Å². The molecule has 3 rings (SSSR count). The number of nitrogens with zero attached hydrogens (tertiary/aromatic N) is 6. The van der Waals surface area contributed by atoms with Crippen LogP contribution in [0.4, 0.5) is 0 Å². The van der Waals surface area contributed by atoms with E-state index >= 15 is 0 Å². The Hall–Kier alpha value is -0.763. The zero-order valence-corrected chi connectivity index (χ0v) is 17.7. The molecule has 6 nitrogen and oxygen atoms in total. The molecule has 0 aromatic heterocycles. The third-order valence-electron chi connectivity index (χ3n) is 5.87. The summed E-state index contributed by atoms with van der Waals surface area (Å²) in [5, 5.41) is 1.61. The topological polar surface area (TPSA) is 19.4 Å². The molecule has 3 saturated heterocycles. The first-order valence-corrected chi connectivity index (χ1v) is 11.3. The summed E-state index contributed by atoms with van der Waals surface area (Å²) in [7, 11) is 7.61. The van der Waals surface area contributed by atoms with Crippen LogP contribution in [0.5, 0.6) is 0 Å². The van der Waals surface area contributed by atoms with Crippen molar-refractivity contribution < 1.29 is 0 Å². The Morgan fingerprint density at radius 2 is 0.840 bits per heavy atom. The molecule has 0 spiro atoms. The maximum absolute atomic E-state index is 2.69. The molecule has 0 aromatic carbocycles. The molecule has 3 aliphatic rings. The fraction of sp³-hybridized carbons (Fsp3) is 0.889. The second-order valence-corrected chi connectivity index (χ2v) is 8.77. The van der Waals surface area contributed by atoms with E-state index in [2.05, 4.69) is 57.1 Å². The highest BCUT2D eigenvalue weighted by Crippen LogP contribution is 2.22. The van der Waals surface area contributed by atoms with Crippen LogP contribution in [0.25, 0.3) is 0 Å². The molecule has 0 aliphatic carbocycles. The summed E-state index contributed by atoms with van der Waals surface area (Å²) in [5.74, 6) is 1.56. The van der Waals surface area contributed by atoms with E-state index in [1.165, 1.54) is 78.5 Å². The van der Waals surface area contributed by atoms with Crippen LogP contribution >= 0.6 is 0 Å². The lowest BCUT2D eigenvalue weighted by Crippen LogP contribution is -2.54. The van der Waals surface area contributed by atoms with Gasteiger partial charge in [0, 0.05) is 83.9 Å². The van der Waals surface area contributed by atoms with E-state index in [9.17, 15) is 0 Å². The van der Waals surface area contributed by atoms with Gasteiger partial charge in [0.05, 0.1) is 0 Å². The van der Waals surface area contributed by atoms with Crippen molar-refractivity contribution in [2.24, 2.45) is 0 Å². The molecule has 0 atom stereocenters. The average Bonchev–Trinajstić information content (AvgIpc) is 2.63. The van der Waals surface area contributed by atoms with Gasteiger partial charge in [-0.1, -0.05) is 6.55 Å². The number of rotatable bonds is 4. The first-order valence-electron chi connectivity index (χ1n) is 9.81. The molecule has 142 valence electrons. The second kappa shape index (κ2) is 8.75. The molecule has 3 fully saturated rings. The molecule has 0 unspecified atom stereocenters. The molecule has 7 heteroatoms. The van der Waals surface area contributed by atoms with Gasteiger partial charge in [-0.2, -0.15) is 0 Å². The zero-order chi connectivity index (χ0) is 17.8. The molecular formula is C18H36N6Si. The molecule has 3 aliphatic heterocycles. The van der Waals surface area contributed by atoms with E-state index in [1.807, 2.05) is 0 Å². The van der Waals surface area contributed by atoms with E-state index in [4.69, 9.17) is 0 Å². The fourth-order valence-corrected chi connectivity index (χ4v) is 5.06. The Balaban J connectivity index is 1.84. The minimum Gasteiger partial charge on any atom is -0.373 e. The van der Waals surface area contributed by atoms with Crippen LogP contribution in [-0.2, 0) is 0 Å². The highest BCUT2D eigenvalue weighted by Gasteiger charge is 2.28. The fourth-order valence-electron chi connectivity index (χ4n) is 3.98. The predicted molar refractivity (Wildman–Crippen MR) is 106 cm³/mol. The molecule has 2 radical (unpaired) electrons. The first kappa shape index (κ1) is 19.0. The summed E-state index contributed by atoms with van der Waals surface area (Å²) >= 11 is 0. The summed E-state index contributed by atoms with van der Waals surface area (Å²) in [6, 6.07) is 0. The summed E-state index contributed by atoms with van der Waals surface area (Å²) in [6.07, 6.45) is 0. The van der Waals surface area contributed by atoms with Gasteiger partial charge in [-0.15, -0.1) is 0 Å². The molecule has 0 bridgehead atoms. The number of hydrogen-bond donors (Lipinski definition) is 0. The van der Waals surface area contributed by atoms with Gasteiger partial charge in [-0.3, -0.25) is 0 Å². The highest BCUT2D eigenvalue weighted by molar-refractivity contribution is 6.43. The zero-order valence-electron chi connectivity index (χ0n) is 16.7. The summed E-state index contributed by atoms with van der Waals surface area (Å²) in [4.78, 5) is 15.4. The molecule has 0 N–H and O–H groups in total. The normalized spacial score (nSPS) is 24.7. The average molecular weight is 365 g/mol. The Labute approximate surface area is 156 Å². The van der Waals surface area contributed by atoms with Crippen molar-refractivity contribution in [2.75, 3.05) is 99.7 Å². The lowest BCUT2D eigenvalue weighted by atomic mass is 10.2. The van der Waals surface area contributed by atoms with E-state index in [0.717, 1.165) is 9.52 Å². The van der Waals surface area contributed by atoms with Gasteiger partial charge in [0.1, 0.15) is 15.3 Å². The van der Waals surface area contributed by atoms with Gasteiger partial charge in [-0.05, 0) is 21.1 Å². The Morgan fingerprint density at radius 1 is 0.520 bits per heavy atom. The SMILES string of the molecule is C[Si]C(=C(N1CCN(C)CC1)N1CCN(C)CC1)N1CCN(C)CC1. The largest absolute Gasteiger partial charge is 0.373 e. The lowest BCUT2D eigenvalue weighted by molar-refractivity contribution is 0.0980. The van der Waals surface area contributed by atoms with Gasteiger partial charge in [-0.25, -0.2) is 0 Å². The van der Waals surface area contributed by atoms with E-state index in [-0.39, 0.29) is 0 Å². The van der Waals surface area contributed by atoms with Crippen molar-refractivity contribution in [1.29, 1.82) is 0 Å². The van der Waals surface area contributed by atoms with Gasteiger partial charge < -0.3 is 29.4 Å². The third-order valence-corrected chi connectivity index (χ3v) is 6.89. The van der Waals surface area contributed by atoms with Crippen LogP contribution < -0.4 is 0 Å². The molecule has 25 heavy (non-hydrogen) atoms. The van der Waals surface area contributed by atoms with Crippen molar-refractivity contribution in [3.8, 4) is 0 Å². The van der Waals surface area contributed by atoms with Gasteiger partial charge in [0.2, 0.25) is 0 Å². The van der Waals surface area contributed by atoms with Crippen molar-refractivity contribution in [3.63, 3.8) is 0 Å².